The summed E-state index contributed by atoms with van der Waals surface area (Å²) in [5.74, 6) is 0.900. The number of amides is 1. The molecule has 10 nitrogen and oxygen atoms in total. The third kappa shape index (κ3) is 5.90. The van der Waals surface area contributed by atoms with Crippen LogP contribution in [0.1, 0.15) is 35.6 Å². The van der Waals surface area contributed by atoms with Crippen molar-refractivity contribution in [1.29, 1.82) is 0 Å². The predicted molar refractivity (Wildman–Crippen MR) is 155 cm³/mol. The number of aliphatic hydroxyl groups is 1. The molecule has 2 aliphatic heterocycles. The number of carbonyl (C=O) groups is 1. The van der Waals surface area contributed by atoms with Gasteiger partial charge >= 0.3 is 0 Å². The number of aromatic amines is 2. The molecule has 0 bridgehead atoms. The molecule has 2 saturated heterocycles. The Labute approximate surface area is 238 Å². The Bertz CT molecular complexity index is 1520. The molecule has 0 radical (unpaired) electrons. The smallest absolute Gasteiger partial charge is 0.251 e. The van der Waals surface area contributed by atoms with Crippen LogP contribution in [0, 0.1) is 5.92 Å². The molecule has 3 aromatic heterocycles. The van der Waals surface area contributed by atoms with Crippen molar-refractivity contribution >= 4 is 16.8 Å². The lowest BCUT2D eigenvalue weighted by Crippen LogP contribution is -2.53. The van der Waals surface area contributed by atoms with Gasteiger partial charge in [-0.2, -0.15) is 0 Å². The van der Waals surface area contributed by atoms with Crippen LogP contribution in [0.5, 0.6) is 5.75 Å². The predicted octanol–water partition coefficient (Wildman–Crippen LogP) is 2.27. The lowest BCUT2D eigenvalue weighted by molar-refractivity contribution is -0.130. The van der Waals surface area contributed by atoms with Gasteiger partial charge in [0.25, 0.3) is 5.56 Å². The Hall–Kier alpha value is -3.99. The molecule has 5 heterocycles. The number of aromatic nitrogens is 3. The summed E-state index contributed by atoms with van der Waals surface area (Å²) in [5.41, 5.74) is 3.66. The summed E-state index contributed by atoms with van der Waals surface area (Å²) in [6.07, 6.45) is 6.35. The fraction of sp³-hybridized carbons (Fsp3) is 0.387. The first-order chi connectivity index (χ1) is 20.0. The summed E-state index contributed by atoms with van der Waals surface area (Å²) < 4.78 is 5.29. The summed E-state index contributed by atoms with van der Waals surface area (Å²) in [4.78, 5) is 38.1. The van der Waals surface area contributed by atoms with Crippen molar-refractivity contribution in [3.05, 3.63) is 94.3 Å². The highest BCUT2D eigenvalue weighted by Gasteiger charge is 2.44. The van der Waals surface area contributed by atoms with Gasteiger partial charge in [-0.05, 0) is 61.1 Å². The van der Waals surface area contributed by atoms with Crippen molar-refractivity contribution in [2.24, 2.45) is 5.92 Å². The number of likely N-dealkylation sites (tertiary alicyclic amines) is 1. The fourth-order valence-electron chi connectivity index (χ4n) is 6.39. The third-order valence-corrected chi connectivity index (χ3v) is 8.49. The van der Waals surface area contributed by atoms with E-state index in [9.17, 15) is 14.7 Å². The molecular weight excluding hydrogens is 520 g/mol. The van der Waals surface area contributed by atoms with Gasteiger partial charge in [0.2, 0.25) is 5.91 Å². The van der Waals surface area contributed by atoms with Gasteiger partial charge in [-0.3, -0.25) is 19.5 Å². The van der Waals surface area contributed by atoms with Crippen LogP contribution in [0.15, 0.2) is 71.9 Å². The number of H-pyrrole nitrogens is 2. The average molecular weight is 557 g/mol. The number of hydrogen-bond donors (Lipinski definition) is 5. The zero-order chi connectivity index (χ0) is 28.3. The van der Waals surface area contributed by atoms with Crippen LogP contribution < -0.4 is 20.9 Å². The first kappa shape index (κ1) is 27.2. The lowest BCUT2D eigenvalue weighted by atomic mass is 9.96. The Kier molecular flexibility index (Phi) is 7.86. The molecule has 5 atom stereocenters. The number of carbonyl (C=O) groups excluding carboxylic acids is 1. The summed E-state index contributed by atoms with van der Waals surface area (Å²) in [5, 5.41) is 19.1. The molecule has 4 aromatic rings. The second kappa shape index (κ2) is 11.9. The summed E-state index contributed by atoms with van der Waals surface area (Å²) in [7, 11) is 1.65. The van der Waals surface area contributed by atoms with Gasteiger partial charge < -0.3 is 30.4 Å². The molecule has 2 fully saturated rings. The molecular formula is C31H36N6O4. The zero-order valence-electron chi connectivity index (χ0n) is 23.0. The van der Waals surface area contributed by atoms with E-state index in [0.717, 1.165) is 34.3 Å². The van der Waals surface area contributed by atoms with Gasteiger partial charge in [0.1, 0.15) is 12.0 Å². The molecule has 0 spiro atoms. The van der Waals surface area contributed by atoms with E-state index in [1.54, 1.807) is 25.7 Å². The number of hydrogen-bond acceptors (Lipinski definition) is 7. The van der Waals surface area contributed by atoms with E-state index in [4.69, 9.17) is 4.74 Å². The van der Waals surface area contributed by atoms with E-state index >= 15 is 0 Å². The minimum absolute atomic E-state index is 0.000996. The molecule has 214 valence electrons. The van der Waals surface area contributed by atoms with Gasteiger partial charge in [0, 0.05) is 65.8 Å². The van der Waals surface area contributed by atoms with E-state index in [-0.39, 0.29) is 29.3 Å². The Balaban J connectivity index is 1.16. The second-order valence-electron chi connectivity index (χ2n) is 11.2. The van der Waals surface area contributed by atoms with Gasteiger partial charge in [-0.25, -0.2) is 0 Å². The third-order valence-electron chi connectivity index (χ3n) is 8.49. The maximum absolute atomic E-state index is 13.6. The minimum atomic E-state index is -0.862. The number of rotatable bonds is 9. The molecule has 0 aliphatic carbocycles. The highest BCUT2D eigenvalue weighted by molar-refractivity contribution is 5.83. The van der Waals surface area contributed by atoms with Crippen molar-refractivity contribution in [2.45, 2.75) is 50.0 Å². The van der Waals surface area contributed by atoms with Crippen LogP contribution >= 0.6 is 0 Å². The van der Waals surface area contributed by atoms with Crippen LogP contribution in [-0.4, -0.2) is 69.4 Å². The number of benzene rings is 1. The number of nitrogens with one attached hydrogen (secondary N) is 4. The van der Waals surface area contributed by atoms with Gasteiger partial charge in [-0.15, -0.1) is 0 Å². The number of nitrogens with zero attached hydrogens (tertiary/aromatic N) is 2. The van der Waals surface area contributed by atoms with Crippen LogP contribution in [0.2, 0.25) is 0 Å². The van der Waals surface area contributed by atoms with Crippen LogP contribution in [0.3, 0.4) is 0 Å². The summed E-state index contributed by atoms with van der Waals surface area (Å²) >= 11 is 0. The molecule has 6 rings (SSSR count). The molecule has 3 unspecified atom stereocenters. The Morgan fingerprint density at radius 2 is 2.07 bits per heavy atom. The standard InChI is InChI=1S/C31H36N6O4/c1-41-24-6-4-19(5-7-24)11-20-12-28(30(39)35-17-23-13-22-15-32-10-8-26(22)36-23)37(18-20)31(40)27-14-21(16-34-27)25-3-2-9-33-29(25)38/h2-10,13,15,20-21,27-28,31,34,36,40H,11-12,14,16-18H2,1H3,(H,33,38)(H,35,39)/t20?,21-,27?,28+,31?/m1/s1. The van der Waals surface area contributed by atoms with E-state index < -0.39 is 12.3 Å². The van der Waals surface area contributed by atoms with Crippen molar-refractivity contribution < 1.29 is 14.6 Å². The number of ether oxygens (including phenoxy) is 1. The van der Waals surface area contributed by atoms with Gasteiger partial charge in [0.15, 0.2) is 0 Å². The highest BCUT2D eigenvalue weighted by Crippen LogP contribution is 2.33. The second-order valence-corrected chi connectivity index (χ2v) is 11.2. The Morgan fingerprint density at radius 1 is 1.22 bits per heavy atom. The monoisotopic (exact) mass is 556 g/mol. The first-order valence-electron chi connectivity index (χ1n) is 14.2. The summed E-state index contributed by atoms with van der Waals surface area (Å²) in [6, 6.07) is 14.9. The minimum Gasteiger partial charge on any atom is -0.497 e. The van der Waals surface area contributed by atoms with Crippen molar-refractivity contribution in [2.75, 3.05) is 20.2 Å². The SMILES string of the molecule is COc1ccc(CC2C[C@@H](C(=O)NCc3cc4cnccc4[nH]3)N(C(O)C3C[C@@H](c4ccc[nH]c4=O)CN3)C2)cc1. The van der Waals surface area contributed by atoms with Crippen molar-refractivity contribution in [3.63, 3.8) is 0 Å². The maximum Gasteiger partial charge on any atom is 0.251 e. The summed E-state index contributed by atoms with van der Waals surface area (Å²) in [6.45, 7) is 1.56. The van der Waals surface area contributed by atoms with E-state index in [1.807, 2.05) is 41.3 Å². The number of methoxy groups -OCH3 is 1. The van der Waals surface area contributed by atoms with E-state index in [2.05, 4.69) is 37.7 Å². The van der Waals surface area contributed by atoms with E-state index in [1.165, 1.54) is 5.56 Å². The highest BCUT2D eigenvalue weighted by atomic mass is 16.5. The van der Waals surface area contributed by atoms with Crippen molar-refractivity contribution in [3.8, 4) is 5.75 Å². The molecule has 5 N–H and O–H groups in total. The van der Waals surface area contributed by atoms with Gasteiger partial charge in [-0.1, -0.05) is 18.2 Å². The largest absolute Gasteiger partial charge is 0.497 e. The number of pyridine rings is 2. The lowest BCUT2D eigenvalue weighted by Gasteiger charge is -2.32. The molecule has 1 amide bonds. The molecule has 10 heteroatoms. The van der Waals surface area contributed by atoms with Crippen LogP contribution in [0.4, 0.5) is 0 Å². The molecule has 2 aliphatic rings. The quantitative estimate of drug-likeness (QED) is 0.213. The van der Waals surface area contributed by atoms with Gasteiger partial charge in [0.05, 0.1) is 19.7 Å². The van der Waals surface area contributed by atoms with Crippen LogP contribution in [0.25, 0.3) is 10.9 Å². The van der Waals surface area contributed by atoms with Crippen molar-refractivity contribution in [1.82, 2.24) is 30.5 Å². The van der Waals surface area contributed by atoms with Crippen LogP contribution in [-0.2, 0) is 17.8 Å². The fourth-order valence-corrected chi connectivity index (χ4v) is 6.39. The molecule has 1 aromatic carbocycles. The Morgan fingerprint density at radius 3 is 2.85 bits per heavy atom. The first-order valence-corrected chi connectivity index (χ1v) is 14.2. The normalized spacial score (nSPS) is 23.6. The average Bonchev–Trinajstić information content (AvgIpc) is 3.75. The maximum atomic E-state index is 13.6. The number of fused-ring (bicyclic) bond motifs is 1. The topological polar surface area (TPSA) is 135 Å². The zero-order valence-corrected chi connectivity index (χ0v) is 23.0. The number of aliphatic hydroxyl groups excluding tert-OH is 1. The molecule has 0 saturated carbocycles. The van der Waals surface area contributed by atoms with E-state index in [0.29, 0.717) is 32.5 Å². The molecule has 41 heavy (non-hydrogen) atoms.